The van der Waals surface area contributed by atoms with Crippen LogP contribution in [0, 0.1) is 17.2 Å². The summed E-state index contributed by atoms with van der Waals surface area (Å²) in [5.41, 5.74) is -0.191. The van der Waals surface area contributed by atoms with Crippen molar-refractivity contribution in [3.8, 4) is 6.07 Å². The lowest BCUT2D eigenvalue weighted by atomic mass is 9.76. The Morgan fingerprint density at radius 3 is 2.62 bits per heavy atom. The Hall–Kier alpha value is -3.01. The standard InChI is InChI=1S/C25H33BF2N4O5/c1-24(2,32-11-9-25(27,28)17-32)13-20(14-29)22(33)31-10-8-19(15-31)16-37-23(34)30-21(26(35)36)12-18-6-4-3-5-7-18/h3-7,13,19,21,35-36H,8-12,15-17H2,1-2H3,(H,30,34)/t19-,21-/m0/s1. The number of likely N-dealkylation sites (tertiary alicyclic amines) is 2. The molecule has 37 heavy (non-hydrogen) atoms. The highest BCUT2D eigenvalue weighted by molar-refractivity contribution is 6.43. The third-order valence-corrected chi connectivity index (χ3v) is 6.82. The molecular weight excluding hydrogens is 485 g/mol. The average molecular weight is 518 g/mol. The van der Waals surface area contributed by atoms with Crippen LogP contribution in [0.4, 0.5) is 13.6 Å². The predicted molar refractivity (Wildman–Crippen MR) is 132 cm³/mol. The molecule has 2 heterocycles. The smallest absolute Gasteiger partial charge is 0.449 e. The van der Waals surface area contributed by atoms with E-state index in [9.17, 15) is 33.7 Å². The van der Waals surface area contributed by atoms with Gasteiger partial charge in [-0.3, -0.25) is 9.69 Å². The van der Waals surface area contributed by atoms with E-state index in [1.54, 1.807) is 43.0 Å². The fourth-order valence-electron chi connectivity index (χ4n) is 4.62. The Morgan fingerprint density at radius 2 is 2.03 bits per heavy atom. The molecule has 1 aromatic rings. The Balaban J connectivity index is 1.50. The van der Waals surface area contributed by atoms with Crippen LogP contribution in [0.3, 0.4) is 0 Å². The van der Waals surface area contributed by atoms with Gasteiger partial charge in [0, 0.05) is 37.5 Å². The van der Waals surface area contributed by atoms with Crippen LogP contribution in [0.2, 0.25) is 0 Å². The fourth-order valence-corrected chi connectivity index (χ4v) is 4.62. The minimum Gasteiger partial charge on any atom is -0.449 e. The van der Waals surface area contributed by atoms with Crippen molar-refractivity contribution in [3.05, 3.63) is 47.5 Å². The molecular formula is C25H33BF2N4O5. The second-order valence-corrected chi connectivity index (χ2v) is 10.2. The first kappa shape index (κ1) is 28.6. The van der Waals surface area contributed by atoms with E-state index in [0.717, 1.165) is 5.56 Å². The van der Waals surface area contributed by atoms with E-state index < -0.39 is 43.1 Å². The molecule has 3 rings (SSSR count). The van der Waals surface area contributed by atoms with Gasteiger partial charge in [-0.2, -0.15) is 5.26 Å². The van der Waals surface area contributed by atoms with E-state index in [1.807, 2.05) is 12.1 Å². The number of carbonyl (C=O) groups is 2. The first-order valence-corrected chi connectivity index (χ1v) is 12.3. The van der Waals surface area contributed by atoms with Gasteiger partial charge in [0.2, 0.25) is 0 Å². The van der Waals surface area contributed by atoms with Crippen LogP contribution < -0.4 is 5.32 Å². The van der Waals surface area contributed by atoms with Crippen LogP contribution in [0.15, 0.2) is 42.0 Å². The van der Waals surface area contributed by atoms with Gasteiger partial charge in [0.1, 0.15) is 11.6 Å². The largest absolute Gasteiger partial charge is 0.475 e. The quantitative estimate of drug-likeness (QED) is 0.258. The van der Waals surface area contributed by atoms with Crippen molar-refractivity contribution in [3.63, 3.8) is 0 Å². The molecule has 0 aromatic heterocycles. The molecule has 2 saturated heterocycles. The van der Waals surface area contributed by atoms with Gasteiger partial charge in [-0.25, -0.2) is 13.6 Å². The molecule has 0 unspecified atom stereocenters. The molecule has 3 N–H and O–H groups in total. The summed E-state index contributed by atoms with van der Waals surface area (Å²) in [5, 5.41) is 31.3. The molecule has 0 spiro atoms. The third kappa shape index (κ3) is 7.99. The zero-order valence-electron chi connectivity index (χ0n) is 21.1. The van der Waals surface area contributed by atoms with E-state index in [2.05, 4.69) is 5.32 Å². The topological polar surface area (TPSA) is 126 Å². The second-order valence-electron chi connectivity index (χ2n) is 10.2. The van der Waals surface area contributed by atoms with Gasteiger partial charge in [-0.15, -0.1) is 0 Å². The van der Waals surface area contributed by atoms with Crippen molar-refractivity contribution < 1.29 is 33.2 Å². The number of benzene rings is 1. The van der Waals surface area contributed by atoms with Crippen LogP contribution >= 0.6 is 0 Å². The maximum absolute atomic E-state index is 13.7. The lowest BCUT2D eigenvalue weighted by Crippen LogP contribution is -2.48. The molecule has 0 saturated carbocycles. The van der Waals surface area contributed by atoms with E-state index in [1.165, 1.54) is 11.0 Å². The number of alkyl carbamates (subject to hydrolysis) is 1. The molecule has 2 atom stereocenters. The van der Waals surface area contributed by atoms with Gasteiger partial charge < -0.3 is 25.0 Å². The molecule has 0 radical (unpaired) electrons. The molecule has 2 aliphatic rings. The summed E-state index contributed by atoms with van der Waals surface area (Å²) in [4.78, 5) is 28.3. The van der Waals surface area contributed by atoms with Crippen molar-refractivity contribution in [1.82, 2.24) is 15.1 Å². The number of nitrogens with one attached hydrogen (secondary N) is 1. The number of ether oxygens (including phenoxy) is 1. The lowest BCUT2D eigenvalue weighted by Gasteiger charge is -2.33. The van der Waals surface area contributed by atoms with Gasteiger partial charge in [0.05, 0.1) is 19.1 Å². The van der Waals surface area contributed by atoms with E-state index >= 15 is 0 Å². The number of amides is 2. The highest BCUT2D eigenvalue weighted by atomic mass is 19.3. The Bertz CT molecular complexity index is 1030. The van der Waals surface area contributed by atoms with Crippen LogP contribution in [-0.2, 0) is 16.0 Å². The van der Waals surface area contributed by atoms with Gasteiger partial charge in [-0.1, -0.05) is 30.3 Å². The van der Waals surface area contributed by atoms with Crippen molar-refractivity contribution in [1.29, 1.82) is 5.26 Å². The molecule has 200 valence electrons. The van der Waals surface area contributed by atoms with Crippen LogP contribution in [-0.4, -0.2) is 89.2 Å². The fraction of sp³-hybridized carbons (Fsp3) is 0.560. The normalized spacial score (nSPS) is 20.8. The minimum absolute atomic E-state index is 0.00908. The molecule has 0 aliphatic carbocycles. The summed E-state index contributed by atoms with van der Waals surface area (Å²) in [5.74, 6) is -4.39. The molecule has 9 nitrogen and oxygen atoms in total. The zero-order chi connectivity index (χ0) is 27.2. The summed E-state index contributed by atoms with van der Waals surface area (Å²) in [6.07, 6.45) is 1.14. The summed E-state index contributed by atoms with van der Waals surface area (Å²) in [6, 6.07) is 11.0. The number of alkyl halides is 2. The van der Waals surface area contributed by atoms with Crippen molar-refractivity contribution in [2.75, 3.05) is 32.8 Å². The highest BCUT2D eigenvalue weighted by Crippen LogP contribution is 2.33. The SMILES string of the molecule is CC(C)(C=C(C#N)C(=O)N1CC[C@H](COC(=O)N[C@@H](Cc2ccccc2)B(O)O)C1)N1CCC(F)(F)C1. The molecule has 1 aromatic carbocycles. The van der Waals surface area contributed by atoms with Gasteiger partial charge in [-0.05, 0) is 38.3 Å². The number of rotatable bonds is 9. The number of nitrogens with zero attached hydrogens (tertiary/aromatic N) is 3. The summed E-state index contributed by atoms with van der Waals surface area (Å²) < 4.78 is 32.6. The summed E-state index contributed by atoms with van der Waals surface area (Å²) in [6.45, 7) is 3.79. The van der Waals surface area contributed by atoms with E-state index in [-0.39, 0.29) is 44.0 Å². The minimum atomic E-state index is -2.78. The molecule has 12 heteroatoms. The summed E-state index contributed by atoms with van der Waals surface area (Å²) in [7, 11) is -1.78. The van der Waals surface area contributed by atoms with E-state index in [4.69, 9.17) is 4.74 Å². The first-order chi connectivity index (χ1) is 17.4. The second kappa shape index (κ2) is 12.0. The Morgan fingerprint density at radius 1 is 1.32 bits per heavy atom. The number of hydrogen-bond acceptors (Lipinski definition) is 7. The van der Waals surface area contributed by atoms with Crippen molar-refractivity contribution in [2.45, 2.75) is 50.5 Å². The van der Waals surface area contributed by atoms with Crippen molar-refractivity contribution >= 4 is 19.1 Å². The zero-order valence-corrected chi connectivity index (χ0v) is 21.1. The number of carbonyl (C=O) groups excluding carboxylic acids is 2. The maximum Gasteiger partial charge on any atom is 0.475 e. The number of halogens is 2. The molecule has 2 amide bonds. The van der Waals surface area contributed by atoms with Gasteiger partial charge in [0.15, 0.2) is 0 Å². The van der Waals surface area contributed by atoms with Crippen LogP contribution in [0.25, 0.3) is 0 Å². The Labute approximate surface area is 215 Å². The van der Waals surface area contributed by atoms with Crippen LogP contribution in [0.5, 0.6) is 0 Å². The predicted octanol–water partition coefficient (Wildman–Crippen LogP) is 1.75. The first-order valence-electron chi connectivity index (χ1n) is 12.3. The van der Waals surface area contributed by atoms with E-state index in [0.29, 0.717) is 13.0 Å². The Kier molecular flexibility index (Phi) is 9.28. The van der Waals surface area contributed by atoms with Gasteiger partial charge >= 0.3 is 13.2 Å². The highest BCUT2D eigenvalue weighted by Gasteiger charge is 2.43. The maximum atomic E-state index is 13.7. The molecule has 2 aliphatic heterocycles. The van der Waals surface area contributed by atoms with Crippen LogP contribution in [0.1, 0.15) is 32.3 Å². The number of hydrogen-bond donors (Lipinski definition) is 3. The van der Waals surface area contributed by atoms with Gasteiger partial charge in [0.25, 0.3) is 11.8 Å². The molecule has 2 fully saturated rings. The molecule has 0 bridgehead atoms. The monoisotopic (exact) mass is 518 g/mol. The average Bonchev–Trinajstić information content (AvgIpc) is 3.47. The van der Waals surface area contributed by atoms with Crippen molar-refractivity contribution in [2.24, 2.45) is 5.92 Å². The summed E-state index contributed by atoms with van der Waals surface area (Å²) >= 11 is 0. The number of nitriles is 1. The third-order valence-electron chi connectivity index (χ3n) is 6.82. The lowest BCUT2D eigenvalue weighted by molar-refractivity contribution is -0.125.